The third kappa shape index (κ3) is 3.54. The molecule has 96 valence electrons. The second-order valence-corrected chi connectivity index (χ2v) is 5.40. The maximum atomic E-state index is 6.30. The van der Waals surface area contributed by atoms with Crippen molar-refractivity contribution < 1.29 is 0 Å². The molecule has 2 nitrogen and oxygen atoms in total. The lowest BCUT2D eigenvalue weighted by Crippen LogP contribution is -2.34. The van der Waals surface area contributed by atoms with Crippen LogP contribution >= 0.6 is 23.4 Å². The number of anilines is 1. The van der Waals surface area contributed by atoms with Crippen molar-refractivity contribution in [3.8, 4) is 0 Å². The van der Waals surface area contributed by atoms with E-state index >= 15 is 0 Å². The molecule has 0 aliphatic rings. The first-order chi connectivity index (χ1) is 8.15. The number of para-hydroxylation sites is 1. The molecule has 0 aromatic heterocycles. The maximum absolute atomic E-state index is 6.30. The number of benzene rings is 1. The van der Waals surface area contributed by atoms with Gasteiger partial charge < -0.3 is 10.6 Å². The van der Waals surface area contributed by atoms with E-state index in [1.165, 1.54) is 0 Å². The highest BCUT2D eigenvalue weighted by Gasteiger charge is 2.17. The highest BCUT2D eigenvalue weighted by Crippen LogP contribution is 2.31. The van der Waals surface area contributed by atoms with Crippen molar-refractivity contribution in [1.29, 1.82) is 0 Å². The van der Waals surface area contributed by atoms with E-state index in [-0.39, 0.29) is 0 Å². The van der Waals surface area contributed by atoms with Gasteiger partial charge in [-0.3, -0.25) is 0 Å². The van der Waals surface area contributed by atoms with Gasteiger partial charge in [0.25, 0.3) is 0 Å². The Hall–Kier alpha value is -0.380. The molecule has 1 atom stereocenters. The highest BCUT2D eigenvalue weighted by atomic mass is 35.5. The standard InChI is InChI=1S/C13H21ClN2S/c1-4-11(9-17-3)16(2)13-10(8-15)6-5-7-12(13)14/h5-7,11H,4,8-9,15H2,1-3H3. The molecule has 0 aliphatic heterocycles. The summed E-state index contributed by atoms with van der Waals surface area (Å²) in [7, 11) is 2.10. The minimum atomic E-state index is 0.496. The summed E-state index contributed by atoms with van der Waals surface area (Å²) in [6.45, 7) is 2.73. The second-order valence-electron chi connectivity index (χ2n) is 4.08. The zero-order valence-electron chi connectivity index (χ0n) is 10.7. The molecule has 4 heteroatoms. The Kier molecular flexibility index (Phi) is 6.17. The van der Waals surface area contributed by atoms with Crippen LogP contribution in [-0.4, -0.2) is 25.1 Å². The largest absolute Gasteiger partial charge is 0.369 e. The van der Waals surface area contributed by atoms with E-state index < -0.39 is 0 Å². The van der Waals surface area contributed by atoms with E-state index in [9.17, 15) is 0 Å². The summed E-state index contributed by atoms with van der Waals surface area (Å²) in [5.74, 6) is 1.10. The predicted molar refractivity (Wildman–Crippen MR) is 80.2 cm³/mol. The molecule has 1 unspecified atom stereocenters. The van der Waals surface area contributed by atoms with E-state index in [2.05, 4.69) is 25.1 Å². The van der Waals surface area contributed by atoms with Gasteiger partial charge in [-0.1, -0.05) is 30.7 Å². The van der Waals surface area contributed by atoms with Gasteiger partial charge in [-0.05, 0) is 24.3 Å². The maximum Gasteiger partial charge on any atom is 0.0642 e. The molecule has 0 bridgehead atoms. The molecule has 2 N–H and O–H groups in total. The van der Waals surface area contributed by atoms with Crippen LogP contribution in [0.15, 0.2) is 18.2 Å². The normalized spacial score (nSPS) is 12.5. The molecule has 1 aromatic carbocycles. The number of halogens is 1. The molecule has 1 aromatic rings. The van der Waals surface area contributed by atoms with E-state index in [1.54, 1.807) is 0 Å². The van der Waals surface area contributed by atoms with E-state index in [0.29, 0.717) is 12.6 Å². The fraction of sp³-hybridized carbons (Fsp3) is 0.538. The first-order valence-electron chi connectivity index (χ1n) is 5.84. The van der Waals surface area contributed by atoms with Gasteiger partial charge >= 0.3 is 0 Å². The molecule has 0 aliphatic carbocycles. The third-order valence-corrected chi connectivity index (χ3v) is 4.04. The monoisotopic (exact) mass is 272 g/mol. The molecule has 0 saturated heterocycles. The minimum Gasteiger partial charge on any atom is -0.369 e. The zero-order chi connectivity index (χ0) is 12.8. The summed E-state index contributed by atoms with van der Waals surface area (Å²) in [6.07, 6.45) is 3.24. The Morgan fingerprint density at radius 3 is 2.71 bits per heavy atom. The van der Waals surface area contributed by atoms with Crippen molar-refractivity contribution in [2.24, 2.45) is 5.73 Å². The van der Waals surface area contributed by atoms with Gasteiger partial charge in [0.15, 0.2) is 0 Å². The smallest absolute Gasteiger partial charge is 0.0642 e. The van der Waals surface area contributed by atoms with Gasteiger partial charge in [0.2, 0.25) is 0 Å². The van der Waals surface area contributed by atoms with E-state index in [4.69, 9.17) is 17.3 Å². The highest BCUT2D eigenvalue weighted by molar-refractivity contribution is 7.98. The summed E-state index contributed by atoms with van der Waals surface area (Å²) in [4.78, 5) is 2.26. The molecule has 0 heterocycles. The molecule has 0 saturated carbocycles. The Morgan fingerprint density at radius 1 is 1.47 bits per heavy atom. The Morgan fingerprint density at radius 2 is 2.18 bits per heavy atom. The predicted octanol–water partition coefficient (Wildman–Crippen LogP) is 3.38. The lowest BCUT2D eigenvalue weighted by Gasteiger charge is -2.31. The molecule has 0 spiro atoms. The number of nitrogens with zero attached hydrogens (tertiary/aromatic N) is 1. The van der Waals surface area contributed by atoms with Gasteiger partial charge in [-0.15, -0.1) is 0 Å². The Balaban J connectivity index is 3.04. The van der Waals surface area contributed by atoms with Gasteiger partial charge in [0.1, 0.15) is 0 Å². The lowest BCUT2D eigenvalue weighted by molar-refractivity contribution is 0.670. The summed E-state index contributed by atoms with van der Waals surface area (Å²) < 4.78 is 0. The third-order valence-electron chi connectivity index (χ3n) is 3.02. The molecular formula is C13H21ClN2S. The van der Waals surface area contributed by atoms with Crippen LogP contribution in [0.3, 0.4) is 0 Å². The van der Waals surface area contributed by atoms with Crippen molar-refractivity contribution in [3.05, 3.63) is 28.8 Å². The quantitative estimate of drug-likeness (QED) is 0.861. The van der Waals surface area contributed by atoms with Crippen LogP contribution in [-0.2, 0) is 6.54 Å². The first kappa shape index (κ1) is 14.7. The van der Waals surface area contributed by atoms with Crippen molar-refractivity contribution in [2.45, 2.75) is 25.9 Å². The Labute approximate surface area is 114 Å². The van der Waals surface area contributed by atoms with E-state index in [0.717, 1.165) is 28.4 Å². The molecular weight excluding hydrogens is 252 g/mol. The minimum absolute atomic E-state index is 0.496. The molecule has 0 amide bonds. The topological polar surface area (TPSA) is 29.3 Å². The van der Waals surface area contributed by atoms with Gasteiger partial charge in [-0.25, -0.2) is 0 Å². The van der Waals surface area contributed by atoms with E-state index in [1.807, 2.05) is 30.0 Å². The average Bonchev–Trinajstić information content (AvgIpc) is 2.34. The van der Waals surface area contributed by atoms with Crippen LogP contribution in [0.2, 0.25) is 5.02 Å². The summed E-state index contributed by atoms with van der Waals surface area (Å²) in [6, 6.07) is 6.43. The summed E-state index contributed by atoms with van der Waals surface area (Å²) in [5.41, 5.74) is 7.97. The first-order valence-corrected chi connectivity index (χ1v) is 7.62. The Bertz CT molecular complexity index is 357. The summed E-state index contributed by atoms with van der Waals surface area (Å²) >= 11 is 8.16. The van der Waals surface area contributed by atoms with Crippen LogP contribution < -0.4 is 10.6 Å². The lowest BCUT2D eigenvalue weighted by atomic mass is 10.1. The average molecular weight is 273 g/mol. The van der Waals surface area contributed by atoms with Crippen molar-refractivity contribution in [1.82, 2.24) is 0 Å². The van der Waals surface area contributed by atoms with Gasteiger partial charge in [0, 0.05) is 25.4 Å². The van der Waals surface area contributed by atoms with Crippen molar-refractivity contribution >= 4 is 29.1 Å². The number of hydrogen-bond acceptors (Lipinski definition) is 3. The number of nitrogens with two attached hydrogens (primary N) is 1. The van der Waals surface area contributed by atoms with Crippen LogP contribution in [0, 0.1) is 0 Å². The van der Waals surface area contributed by atoms with Crippen LogP contribution in [0.5, 0.6) is 0 Å². The zero-order valence-corrected chi connectivity index (χ0v) is 12.3. The molecule has 0 radical (unpaired) electrons. The fourth-order valence-electron chi connectivity index (χ4n) is 2.00. The molecule has 1 rings (SSSR count). The van der Waals surface area contributed by atoms with Crippen LogP contribution in [0.1, 0.15) is 18.9 Å². The number of rotatable bonds is 6. The second kappa shape index (κ2) is 7.14. The van der Waals surface area contributed by atoms with Gasteiger partial charge in [-0.2, -0.15) is 11.8 Å². The molecule has 0 fully saturated rings. The summed E-state index contributed by atoms with van der Waals surface area (Å²) in [5, 5.41) is 0.787. The van der Waals surface area contributed by atoms with Crippen LogP contribution in [0.4, 0.5) is 5.69 Å². The van der Waals surface area contributed by atoms with Gasteiger partial charge in [0.05, 0.1) is 10.7 Å². The SMILES string of the molecule is CCC(CSC)N(C)c1c(Cl)cccc1CN. The van der Waals surface area contributed by atoms with Crippen LogP contribution in [0.25, 0.3) is 0 Å². The fourth-order valence-corrected chi connectivity index (χ4v) is 3.17. The molecule has 17 heavy (non-hydrogen) atoms. The number of hydrogen-bond donors (Lipinski definition) is 1. The van der Waals surface area contributed by atoms with Crippen molar-refractivity contribution in [2.75, 3.05) is 24.0 Å². The van der Waals surface area contributed by atoms with Crippen molar-refractivity contribution in [3.63, 3.8) is 0 Å². The number of thioether (sulfide) groups is 1.